The van der Waals surface area contributed by atoms with Gasteiger partial charge in [-0.1, -0.05) is 0 Å². The van der Waals surface area contributed by atoms with Gasteiger partial charge in [0.05, 0.1) is 12.8 Å². The number of hydrogen-bond acceptors (Lipinski definition) is 7. The fraction of sp³-hybridized carbons (Fsp3) is 0.632. The van der Waals surface area contributed by atoms with Crippen molar-refractivity contribution in [1.82, 2.24) is 0 Å². The number of rotatable bonds is 3. The molecule has 0 N–H and O–H groups in total. The third-order valence-corrected chi connectivity index (χ3v) is 4.63. The molecule has 7 nitrogen and oxygen atoms in total. The molecule has 142 valence electrons. The number of ether oxygens (including phenoxy) is 6. The molecule has 1 aromatic carbocycles. The van der Waals surface area contributed by atoms with Crippen LogP contribution in [0.25, 0.3) is 0 Å². The van der Waals surface area contributed by atoms with Gasteiger partial charge in [-0.05, 0) is 52.0 Å². The molecule has 3 aliphatic rings. The summed E-state index contributed by atoms with van der Waals surface area (Å²) in [6.45, 7) is 7.51. The molecule has 5 atom stereocenters. The van der Waals surface area contributed by atoms with Crippen molar-refractivity contribution in [2.24, 2.45) is 4.99 Å². The van der Waals surface area contributed by atoms with Crippen LogP contribution in [-0.4, -0.2) is 55.6 Å². The van der Waals surface area contributed by atoms with Gasteiger partial charge in [0.1, 0.15) is 30.2 Å². The number of methoxy groups -OCH3 is 1. The largest absolute Gasteiger partial charge is 0.497 e. The van der Waals surface area contributed by atoms with Gasteiger partial charge in [-0.2, -0.15) is 0 Å². The summed E-state index contributed by atoms with van der Waals surface area (Å²) in [5.41, 5.74) is 0.801. The summed E-state index contributed by atoms with van der Waals surface area (Å²) in [5.74, 6) is -0.651. The predicted octanol–water partition coefficient (Wildman–Crippen LogP) is 2.79. The fourth-order valence-electron chi connectivity index (χ4n) is 3.59. The highest BCUT2D eigenvalue weighted by Gasteiger charge is 2.60. The highest BCUT2D eigenvalue weighted by Crippen LogP contribution is 2.43. The third kappa shape index (κ3) is 3.37. The summed E-state index contributed by atoms with van der Waals surface area (Å²) < 4.78 is 35.3. The van der Waals surface area contributed by atoms with Gasteiger partial charge >= 0.3 is 0 Å². The first-order chi connectivity index (χ1) is 12.3. The summed E-state index contributed by atoms with van der Waals surface area (Å²) >= 11 is 0. The number of benzene rings is 1. The van der Waals surface area contributed by atoms with E-state index in [1.54, 1.807) is 13.3 Å². The number of nitrogens with zero attached hydrogens (tertiary/aromatic N) is 1. The molecule has 3 saturated heterocycles. The molecule has 7 heteroatoms. The van der Waals surface area contributed by atoms with Crippen molar-refractivity contribution >= 4 is 11.9 Å². The Hall–Kier alpha value is -1.51. The lowest BCUT2D eigenvalue weighted by molar-refractivity contribution is -0.217. The molecular weight excluding hydrogens is 338 g/mol. The lowest BCUT2D eigenvalue weighted by atomic mass is 9.99. The summed E-state index contributed by atoms with van der Waals surface area (Å²) in [5, 5.41) is 0. The lowest BCUT2D eigenvalue weighted by Gasteiger charge is -2.35. The van der Waals surface area contributed by atoms with E-state index in [4.69, 9.17) is 28.4 Å². The molecule has 0 bridgehead atoms. The Morgan fingerprint density at radius 2 is 1.50 bits per heavy atom. The van der Waals surface area contributed by atoms with E-state index >= 15 is 0 Å². The highest BCUT2D eigenvalue weighted by atomic mass is 16.9. The Morgan fingerprint density at radius 1 is 0.885 bits per heavy atom. The number of hydrogen-bond donors (Lipinski definition) is 0. The van der Waals surface area contributed by atoms with Crippen LogP contribution < -0.4 is 4.74 Å². The first-order valence-corrected chi connectivity index (χ1v) is 8.81. The molecule has 3 fully saturated rings. The van der Waals surface area contributed by atoms with Crippen molar-refractivity contribution in [2.75, 3.05) is 7.11 Å². The van der Waals surface area contributed by atoms with Crippen molar-refractivity contribution in [2.45, 2.75) is 70.0 Å². The van der Waals surface area contributed by atoms with Crippen LogP contribution in [0.4, 0.5) is 5.69 Å². The topological polar surface area (TPSA) is 67.7 Å². The molecule has 0 aromatic heterocycles. The minimum Gasteiger partial charge on any atom is -0.497 e. The van der Waals surface area contributed by atoms with E-state index < -0.39 is 24.0 Å². The molecule has 3 aliphatic heterocycles. The Balaban J connectivity index is 1.56. The standard InChI is InChI=1S/C19H25NO6/c1-18(2)23-14-13(10-20-11-6-8-12(21-5)9-7-11)22-17-16(15(14)24-18)25-19(3,4)26-17/h6-10,13-17H,1-5H3/t13-,14+,15+,16-,17-/m1/s1. The zero-order valence-electron chi connectivity index (χ0n) is 15.7. The van der Waals surface area contributed by atoms with Gasteiger partial charge in [0, 0.05) is 6.21 Å². The van der Waals surface area contributed by atoms with Crippen LogP contribution in [0, 0.1) is 0 Å². The van der Waals surface area contributed by atoms with Crippen LogP contribution >= 0.6 is 0 Å². The summed E-state index contributed by atoms with van der Waals surface area (Å²) in [6, 6.07) is 7.49. The second kappa shape index (κ2) is 6.28. The number of fused-ring (bicyclic) bond motifs is 3. The van der Waals surface area contributed by atoms with Gasteiger partial charge in [-0.3, -0.25) is 4.99 Å². The second-order valence-corrected chi connectivity index (χ2v) is 7.61. The van der Waals surface area contributed by atoms with E-state index in [1.807, 2.05) is 52.0 Å². The van der Waals surface area contributed by atoms with Crippen LogP contribution in [0.2, 0.25) is 0 Å². The molecule has 0 saturated carbocycles. The molecule has 4 rings (SSSR count). The summed E-state index contributed by atoms with van der Waals surface area (Å²) in [4.78, 5) is 4.53. The van der Waals surface area contributed by atoms with Crippen molar-refractivity contribution in [3.63, 3.8) is 0 Å². The van der Waals surface area contributed by atoms with Gasteiger partial charge in [0.15, 0.2) is 17.9 Å². The van der Waals surface area contributed by atoms with Crippen LogP contribution in [0.15, 0.2) is 29.3 Å². The molecule has 0 unspecified atom stereocenters. The highest BCUT2D eigenvalue weighted by molar-refractivity contribution is 5.69. The Bertz CT molecular complexity index is 686. The molecule has 0 amide bonds. The SMILES string of the molecule is COc1ccc(N=C[C@H]2O[C@@H]3OC(C)(C)O[C@@H]3[C@H]3OC(C)(C)O[C@H]32)cc1. The molecule has 0 radical (unpaired) electrons. The van der Waals surface area contributed by atoms with E-state index in [-0.39, 0.29) is 18.3 Å². The monoisotopic (exact) mass is 363 g/mol. The Kier molecular flexibility index (Phi) is 4.32. The zero-order valence-corrected chi connectivity index (χ0v) is 15.7. The average molecular weight is 363 g/mol. The van der Waals surface area contributed by atoms with Crippen LogP contribution in [0.3, 0.4) is 0 Å². The Morgan fingerprint density at radius 3 is 2.19 bits per heavy atom. The zero-order chi connectivity index (χ0) is 18.5. The van der Waals surface area contributed by atoms with Gasteiger partial charge in [-0.15, -0.1) is 0 Å². The number of aliphatic imine (C=N–C) groups is 1. The maximum atomic E-state index is 6.09. The van der Waals surface area contributed by atoms with Crippen LogP contribution in [0.1, 0.15) is 27.7 Å². The predicted molar refractivity (Wildman–Crippen MR) is 93.7 cm³/mol. The smallest absolute Gasteiger partial charge is 0.190 e. The molecule has 0 aliphatic carbocycles. The summed E-state index contributed by atoms with van der Waals surface area (Å²) in [6.07, 6.45) is -0.0977. The molecule has 3 heterocycles. The molecule has 0 spiro atoms. The average Bonchev–Trinajstić information content (AvgIpc) is 3.07. The molecule has 1 aromatic rings. The lowest BCUT2D eigenvalue weighted by Crippen LogP contribution is -2.55. The van der Waals surface area contributed by atoms with Gasteiger partial charge < -0.3 is 28.4 Å². The quantitative estimate of drug-likeness (QED) is 0.770. The van der Waals surface area contributed by atoms with E-state index in [1.165, 1.54) is 0 Å². The van der Waals surface area contributed by atoms with E-state index in [0.717, 1.165) is 11.4 Å². The minimum atomic E-state index is -0.724. The van der Waals surface area contributed by atoms with Crippen molar-refractivity contribution in [3.8, 4) is 5.75 Å². The normalized spacial score (nSPS) is 37.5. The first kappa shape index (κ1) is 17.9. The third-order valence-electron chi connectivity index (χ3n) is 4.63. The van der Waals surface area contributed by atoms with E-state index in [0.29, 0.717) is 0 Å². The maximum Gasteiger partial charge on any atom is 0.190 e. The van der Waals surface area contributed by atoms with Crippen molar-refractivity contribution in [3.05, 3.63) is 24.3 Å². The van der Waals surface area contributed by atoms with E-state index in [9.17, 15) is 0 Å². The first-order valence-electron chi connectivity index (χ1n) is 8.81. The second-order valence-electron chi connectivity index (χ2n) is 7.61. The van der Waals surface area contributed by atoms with Crippen molar-refractivity contribution < 1.29 is 28.4 Å². The molecule has 26 heavy (non-hydrogen) atoms. The van der Waals surface area contributed by atoms with Crippen LogP contribution in [0.5, 0.6) is 5.75 Å². The Labute approximate surface area is 153 Å². The molecular formula is C19H25NO6. The van der Waals surface area contributed by atoms with Gasteiger partial charge in [0.25, 0.3) is 0 Å². The van der Waals surface area contributed by atoms with Crippen LogP contribution in [-0.2, 0) is 23.7 Å². The van der Waals surface area contributed by atoms with Gasteiger partial charge in [-0.25, -0.2) is 0 Å². The summed E-state index contributed by atoms with van der Waals surface area (Å²) in [7, 11) is 1.63. The van der Waals surface area contributed by atoms with Gasteiger partial charge in [0.2, 0.25) is 0 Å². The van der Waals surface area contributed by atoms with Crippen molar-refractivity contribution in [1.29, 1.82) is 0 Å². The van der Waals surface area contributed by atoms with E-state index in [2.05, 4.69) is 4.99 Å². The fourth-order valence-corrected chi connectivity index (χ4v) is 3.59. The maximum absolute atomic E-state index is 6.09. The minimum absolute atomic E-state index is 0.280.